The number of benzene rings is 3. The summed E-state index contributed by atoms with van der Waals surface area (Å²) in [6.45, 7) is 6.05. The molecule has 3 atom stereocenters. The molecule has 3 aromatic rings. The van der Waals surface area contributed by atoms with Gasteiger partial charge in [0.25, 0.3) is 0 Å². The second-order valence-corrected chi connectivity index (χ2v) is 9.37. The first kappa shape index (κ1) is 23.6. The predicted octanol–water partition coefficient (Wildman–Crippen LogP) is 5.05. The number of hydrogen-bond acceptors (Lipinski definition) is 4. The van der Waals surface area contributed by atoms with E-state index in [2.05, 4.69) is 60.8 Å². The van der Waals surface area contributed by atoms with Crippen molar-refractivity contribution in [1.82, 2.24) is 10.2 Å². The molecule has 2 fully saturated rings. The van der Waals surface area contributed by atoms with E-state index in [1.165, 1.54) is 11.1 Å². The van der Waals surface area contributed by atoms with Crippen LogP contribution in [0, 0.1) is 5.92 Å². The van der Waals surface area contributed by atoms with Gasteiger partial charge in [0.05, 0.1) is 31.8 Å². The summed E-state index contributed by atoms with van der Waals surface area (Å²) >= 11 is 0. The minimum absolute atomic E-state index is 0.0404. The summed E-state index contributed by atoms with van der Waals surface area (Å²) in [6.07, 6.45) is 0.976. The van der Waals surface area contributed by atoms with Crippen molar-refractivity contribution in [3.8, 4) is 16.9 Å². The van der Waals surface area contributed by atoms with Crippen molar-refractivity contribution in [3.05, 3.63) is 90.0 Å². The molecule has 2 saturated heterocycles. The predicted molar refractivity (Wildman–Crippen MR) is 138 cm³/mol. The Bertz CT molecular complexity index is 1130. The molecule has 1 amide bonds. The third-order valence-electron chi connectivity index (χ3n) is 7.11. The van der Waals surface area contributed by atoms with Gasteiger partial charge in [0, 0.05) is 25.6 Å². The molecule has 5 nitrogen and oxygen atoms in total. The molecule has 1 N–H and O–H groups in total. The Morgan fingerprint density at radius 2 is 1.86 bits per heavy atom. The number of carbonyl (C=O) groups is 1. The molecule has 5 rings (SSSR count). The maximum absolute atomic E-state index is 14.0. The van der Waals surface area contributed by atoms with Crippen molar-refractivity contribution in [2.24, 2.45) is 5.92 Å². The Balaban J connectivity index is 1.43. The average Bonchev–Trinajstić information content (AvgIpc) is 3.42. The summed E-state index contributed by atoms with van der Waals surface area (Å²) in [5.41, 5.74) is 4.64. The smallest absolute Gasteiger partial charge is 0.228 e. The number of morpholine rings is 1. The number of hydrogen-bond donors (Lipinski definition) is 1. The molecule has 0 radical (unpaired) electrons. The SMILES string of the molecule is CCCOc1cccc(-c2ccccc2[C@@H]2CNCC2C(=O)N2CCOC[C@@H]2c2ccccc2)c1. The minimum Gasteiger partial charge on any atom is -0.494 e. The largest absolute Gasteiger partial charge is 0.494 e. The summed E-state index contributed by atoms with van der Waals surface area (Å²) in [5.74, 6) is 1.10. The van der Waals surface area contributed by atoms with E-state index in [0.29, 0.717) is 32.9 Å². The van der Waals surface area contributed by atoms with Crippen LogP contribution in [-0.2, 0) is 9.53 Å². The molecule has 0 saturated carbocycles. The lowest BCUT2D eigenvalue weighted by Gasteiger charge is -2.38. The van der Waals surface area contributed by atoms with Gasteiger partial charge >= 0.3 is 0 Å². The van der Waals surface area contributed by atoms with Crippen LogP contribution in [0.3, 0.4) is 0 Å². The van der Waals surface area contributed by atoms with Crippen LogP contribution in [0.25, 0.3) is 11.1 Å². The number of carbonyl (C=O) groups excluding carboxylic acids is 1. The van der Waals surface area contributed by atoms with Gasteiger partial charge in [-0.15, -0.1) is 0 Å². The first-order chi connectivity index (χ1) is 17.3. The van der Waals surface area contributed by atoms with Gasteiger partial charge in [0.2, 0.25) is 5.91 Å². The Morgan fingerprint density at radius 3 is 2.71 bits per heavy atom. The van der Waals surface area contributed by atoms with Crippen molar-refractivity contribution < 1.29 is 14.3 Å². The van der Waals surface area contributed by atoms with E-state index in [1.807, 2.05) is 35.2 Å². The molecule has 1 unspecified atom stereocenters. The van der Waals surface area contributed by atoms with Gasteiger partial charge in [-0.3, -0.25) is 4.79 Å². The maximum atomic E-state index is 14.0. The lowest BCUT2D eigenvalue weighted by molar-refractivity contribution is -0.144. The summed E-state index contributed by atoms with van der Waals surface area (Å²) in [4.78, 5) is 16.0. The molecule has 2 heterocycles. The van der Waals surface area contributed by atoms with Crippen molar-refractivity contribution in [1.29, 1.82) is 0 Å². The second kappa shape index (κ2) is 11.1. The number of ether oxygens (including phenoxy) is 2. The molecule has 0 aliphatic carbocycles. The van der Waals surface area contributed by atoms with Crippen LogP contribution in [0.1, 0.15) is 36.4 Å². The first-order valence-electron chi connectivity index (χ1n) is 12.7. The number of rotatable bonds is 7. The van der Waals surface area contributed by atoms with Crippen molar-refractivity contribution >= 4 is 5.91 Å². The highest BCUT2D eigenvalue weighted by Crippen LogP contribution is 2.38. The number of nitrogens with zero attached hydrogens (tertiary/aromatic N) is 1. The van der Waals surface area contributed by atoms with Gasteiger partial charge in [-0.25, -0.2) is 0 Å². The van der Waals surface area contributed by atoms with Crippen molar-refractivity contribution in [3.63, 3.8) is 0 Å². The lowest BCUT2D eigenvalue weighted by atomic mass is 9.83. The molecular formula is C30H34N2O3. The van der Waals surface area contributed by atoms with Gasteiger partial charge in [0.1, 0.15) is 5.75 Å². The zero-order valence-electron chi connectivity index (χ0n) is 20.4. The summed E-state index contributed by atoms with van der Waals surface area (Å²) in [5, 5.41) is 3.51. The fourth-order valence-corrected chi connectivity index (χ4v) is 5.35. The monoisotopic (exact) mass is 470 g/mol. The molecule has 2 aliphatic heterocycles. The van der Waals surface area contributed by atoms with Gasteiger partial charge < -0.3 is 19.7 Å². The fourth-order valence-electron chi connectivity index (χ4n) is 5.35. The standard InChI is InChI=1S/C30H34N2O3/c1-2-16-35-24-12-8-11-23(18-24)25-13-6-7-14-26(25)27-19-31-20-28(27)30(33)32-15-17-34-21-29(32)22-9-4-3-5-10-22/h3-14,18,27-29,31H,2,15-17,19-21H2,1H3/t27-,28?,29+/m0/s1. The second-order valence-electron chi connectivity index (χ2n) is 9.37. The molecular weight excluding hydrogens is 436 g/mol. The average molecular weight is 471 g/mol. The van der Waals surface area contributed by atoms with Gasteiger partial charge in [0.15, 0.2) is 0 Å². The fraction of sp³-hybridized carbons (Fsp3) is 0.367. The molecule has 35 heavy (non-hydrogen) atoms. The van der Waals surface area contributed by atoms with Crippen molar-refractivity contribution in [2.45, 2.75) is 25.3 Å². The highest BCUT2D eigenvalue weighted by molar-refractivity contribution is 5.82. The summed E-state index contributed by atoms with van der Waals surface area (Å²) < 4.78 is 11.7. The highest BCUT2D eigenvalue weighted by atomic mass is 16.5. The van der Waals surface area contributed by atoms with Crippen LogP contribution in [-0.4, -0.2) is 50.3 Å². The zero-order chi connectivity index (χ0) is 24.0. The molecule has 0 spiro atoms. The van der Waals surface area contributed by atoms with Crippen LogP contribution in [0.2, 0.25) is 0 Å². The molecule has 0 bridgehead atoms. The molecule has 182 valence electrons. The number of nitrogens with one attached hydrogen (secondary N) is 1. The van der Waals surface area contributed by atoms with E-state index in [4.69, 9.17) is 9.47 Å². The van der Waals surface area contributed by atoms with Crippen LogP contribution >= 0.6 is 0 Å². The number of amides is 1. The maximum Gasteiger partial charge on any atom is 0.228 e. The third kappa shape index (κ3) is 5.12. The minimum atomic E-state index is -0.111. The van der Waals surface area contributed by atoms with Gasteiger partial charge in [-0.1, -0.05) is 73.7 Å². The van der Waals surface area contributed by atoms with E-state index >= 15 is 0 Å². The summed E-state index contributed by atoms with van der Waals surface area (Å²) in [6, 6.07) is 27.0. The van der Waals surface area contributed by atoms with Gasteiger partial charge in [-0.05, 0) is 40.8 Å². The Labute approximate surface area is 208 Å². The quantitative estimate of drug-likeness (QED) is 0.525. The zero-order valence-corrected chi connectivity index (χ0v) is 20.4. The lowest BCUT2D eigenvalue weighted by Crippen LogP contribution is -2.47. The van der Waals surface area contributed by atoms with E-state index in [1.54, 1.807) is 0 Å². The molecule has 5 heteroatoms. The Morgan fingerprint density at radius 1 is 1.03 bits per heavy atom. The molecule has 0 aromatic heterocycles. The van der Waals surface area contributed by atoms with Crippen LogP contribution < -0.4 is 10.1 Å². The van der Waals surface area contributed by atoms with Crippen LogP contribution in [0.15, 0.2) is 78.9 Å². The normalized spacial score (nSPS) is 22.2. The highest BCUT2D eigenvalue weighted by Gasteiger charge is 2.40. The summed E-state index contributed by atoms with van der Waals surface area (Å²) in [7, 11) is 0. The van der Waals surface area contributed by atoms with E-state index in [-0.39, 0.29) is 23.8 Å². The Kier molecular flexibility index (Phi) is 7.45. The third-order valence-corrected chi connectivity index (χ3v) is 7.11. The van der Waals surface area contributed by atoms with Crippen LogP contribution in [0.4, 0.5) is 0 Å². The van der Waals surface area contributed by atoms with E-state index in [0.717, 1.165) is 29.8 Å². The van der Waals surface area contributed by atoms with Crippen LogP contribution in [0.5, 0.6) is 5.75 Å². The Hall–Kier alpha value is -3.15. The van der Waals surface area contributed by atoms with Gasteiger partial charge in [-0.2, -0.15) is 0 Å². The van der Waals surface area contributed by atoms with Crippen molar-refractivity contribution in [2.75, 3.05) is 39.5 Å². The topological polar surface area (TPSA) is 50.8 Å². The molecule has 3 aromatic carbocycles. The first-order valence-corrected chi connectivity index (χ1v) is 12.7. The van der Waals surface area contributed by atoms with E-state index < -0.39 is 0 Å². The molecule has 2 aliphatic rings. The van der Waals surface area contributed by atoms with E-state index in [9.17, 15) is 4.79 Å².